The van der Waals surface area contributed by atoms with Gasteiger partial charge in [-0.25, -0.2) is 0 Å². The van der Waals surface area contributed by atoms with E-state index in [-0.39, 0.29) is 6.61 Å². The van der Waals surface area contributed by atoms with Crippen LogP contribution in [0, 0.1) is 29.6 Å². The summed E-state index contributed by atoms with van der Waals surface area (Å²) in [6, 6.07) is 0. The van der Waals surface area contributed by atoms with Crippen molar-refractivity contribution in [3.05, 3.63) is 11.6 Å². The van der Waals surface area contributed by atoms with Gasteiger partial charge in [-0.1, -0.05) is 19.9 Å². The van der Waals surface area contributed by atoms with Gasteiger partial charge in [-0.3, -0.25) is 4.79 Å². The van der Waals surface area contributed by atoms with Crippen LogP contribution in [0.2, 0.25) is 0 Å². The maximum Gasteiger partial charge on any atom is 0.146 e. The molecule has 0 saturated heterocycles. The van der Waals surface area contributed by atoms with Crippen LogP contribution < -0.4 is 0 Å². The van der Waals surface area contributed by atoms with Crippen LogP contribution in [-0.2, 0) is 4.79 Å². The fourth-order valence-electron chi connectivity index (χ4n) is 3.54. The van der Waals surface area contributed by atoms with E-state index < -0.39 is 0 Å². The first-order chi connectivity index (χ1) is 7.19. The smallest absolute Gasteiger partial charge is 0.146 e. The topological polar surface area (TPSA) is 37.3 Å². The Kier molecular flexibility index (Phi) is 2.96. The van der Waals surface area contributed by atoms with Crippen LogP contribution in [0.25, 0.3) is 0 Å². The van der Waals surface area contributed by atoms with E-state index in [0.29, 0.717) is 29.6 Å². The van der Waals surface area contributed by atoms with Crippen molar-refractivity contribution in [1.29, 1.82) is 0 Å². The summed E-state index contributed by atoms with van der Waals surface area (Å²) in [6.07, 6.45) is 5.47. The van der Waals surface area contributed by atoms with Crippen molar-refractivity contribution >= 4 is 6.29 Å². The van der Waals surface area contributed by atoms with E-state index in [4.69, 9.17) is 0 Å². The minimum atomic E-state index is 0.229. The molecule has 0 spiro atoms. The summed E-state index contributed by atoms with van der Waals surface area (Å²) in [7, 11) is 0. The average Bonchev–Trinajstić information content (AvgIpc) is 2.46. The molecule has 2 bridgehead atoms. The molecule has 1 saturated carbocycles. The molecule has 0 aliphatic heterocycles. The largest absolute Gasteiger partial charge is 0.396 e. The zero-order valence-corrected chi connectivity index (χ0v) is 9.52. The molecule has 0 amide bonds. The lowest BCUT2D eigenvalue weighted by Gasteiger charge is -2.38. The van der Waals surface area contributed by atoms with Crippen molar-refractivity contribution in [2.24, 2.45) is 29.6 Å². The second kappa shape index (κ2) is 4.09. The third-order valence-corrected chi connectivity index (χ3v) is 4.30. The molecule has 2 heteroatoms. The standard InChI is InChI=1S/C13H20O2/c1-8(2)11-4-3-9-5-10(6-14)13(11)12(9)7-15/h5-6,8-9,11-13,15H,3-4,7H2,1-2H3/t9-,11+,12+,13-/m1/s1. The maximum absolute atomic E-state index is 11.0. The van der Waals surface area contributed by atoms with Gasteiger partial charge in [0.1, 0.15) is 6.29 Å². The third kappa shape index (κ3) is 1.65. The van der Waals surface area contributed by atoms with Crippen LogP contribution in [0.3, 0.4) is 0 Å². The van der Waals surface area contributed by atoms with E-state index in [9.17, 15) is 9.90 Å². The molecule has 0 aromatic rings. The van der Waals surface area contributed by atoms with E-state index in [1.807, 2.05) is 0 Å². The molecule has 2 nitrogen and oxygen atoms in total. The number of aliphatic hydroxyl groups is 1. The van der Waals surface area contributed by atoms with Crippen molar-refractivity contribution in [1.82, 2.24) is 0 Å². The Bertz CT molecular complexity index is 280. The molecule has 0 unspecified atom stereocenters. The molecule has 84 valence electrons. The summed E-state index contributed by atoms with van der Waals surface area (Å²) < 4.78 is 0. The number of aliphatic hydroxyl groups excluding tert-OH is 1. The molecule has 15 heavy (non-hydrogen) atoms. The summed E-state index contributed by atoms with van der Waals surface area (Å²) in [5.74, 6) is 2.27. The van der Waals surface area contributed by atoms with Crippen molar-refractivity contribution in [3.8, 4) is 0 Å². The van der Waals surface area contributed by atoms with Gasteiger partial charge in [0.15, 0.2) is 0 Å². The van der Waals surface area contributed by atoms with Crippen molar-refractivity contribution in [2.75, 3.05) is 6.61 Å². The highest BCUT2D eigenvalue weighted by atomic mass is 16.3. The first-order valence-corrected chi connectivity index (χ1v) is 5.96. The predicted molar refractivity (Wildman–Crippen MR) is 59.3 cm³/mol. The van der Waals surface area contributed by atoms with Crippen LogP contribution in [-0.4, -0.2) is 18.0 Å². The third-order valence-electron chi connectivity index (χ3n) is 4.30. The highest BCUT2D eigenvalue weighted by Gasteiger charge is 2.45. The van der Waals surface area contributed by atoms with Crippen molar-refractivity contribution in [3.63, 3.8) is 0 Å². The number of carbonyl (C=O) groups excluding carboxylic acids is 1. The van der Waals surface area contributed by atoms with Gasteiger partial charge in [0, 0.05) is 6.61 Å². The summed E-state index contributed by atoms with van der Waals surface area (Å²) in [5, 5.41) is 9.44. The fraction of sp³-hybridized carbons (Fsp3) is 0.769. The van der Waals surface area contributed by atoms with Crippen LogP contribution in [0.4, 0.5) is 0 Å². The zero-order chi connectivity index (χ0) is 11.0. The first-order valence-electron chi connectivity index (χ1n) is 5.96. The highest BCUT2D eigenvalue weighted by Crippen LogP contribution is 2.50. The summed E-state index contributed by atoms with van der Waals surface area (Å²) in [6.45, 7) is 4.67. The first kappa shape index (κ1) is 10.9. The Balaban J connectivity index is 2.27. The lowest BCUT2D eigenvalue weighted by Crippen LogP contribution is -2.35. The van der Waals surface area contributed by atoms with Gasteiger partial charge in [0.2, 0.25) is 0 Å². The predicted octanol–water partition coefficient (Wildman–Crippen LogP) is 2.03. The van der Waals surface area contributed by atoms with Gasteiger partial charge < -0.3 is 5.11 Å². The number of hydrogen-bond donors (Lipinski definition) is 1. The zero-order valence-electron chi connectivity index (χ0n) is 9.52. The maximum atomic E-state index is 11.0. The summed E-state index contributed by atoms with van der Waals surface area (Å²) in [4.78, 5) is 11.0. The Labute approximate surface area is 91.4 Å². The summed E-state index contributed by atoms with van der Waals surface area (Å²) >= 11 is 0. The second-order valence-electron chi connectivity index (χ2n) is 5.31. The Morgan fingerprint density at radius 1 is 1.53 bits per heavy atom. The molecule has 1 fully saturated rings. The quantitative estimate of drug-likeness (QED) is 0.721. The molecule has 0 radical (unpaired) electrons. The average molecular weight is 208 g/mol. The molecule has 2 aliphatic carbocycles. The van der Waals surface area contributed by atoms with E-state index >= 15 is 0 Å². The molecular weight excluding hydrogens is 188 g/mol. The lowest BCUT2D eigenvalue weighted by molar-refractivity contribution is -0.105. The molecule has 0 aromatic heterocycles. The molecule has 4 atom stereocenters. The van der Waals surface area contributed by atoms with Crippen LogP contribution in [0.5, 0.6) is 0 Å². The number of aldehydes is 1. The molecule has 0 heterocycles. The minimum absolute atomic E-state index is 0.229. The van der Waals surface area contributed by atoms with Gasteiger partial charge in [-0.15, -0.1) is 0 Å². The van der Waals surface area contributed by atoms with Gasteiger partial charge in [-0.05, 0) is 48.0 Å². The number of allylic oxidation sites excluding steroid dienone is 2. The van der Waals surface area contributed by atoms with Gasteiger partial charge in [0.25, 0.3) is 0 Å². The molecule has 2 aliphatic rings. The van der Waals surface area contributed by atoms with Crippen molar-refractivity contribution in [2.45, 2.75) is 26.7 Å². The molecule has 1 N–H and O–H groups in total. The van der Waals surface area contributed by atoms with E-state index in [0.717, 1.165) is 18.3 Å². The lowest BCUT2D eigenvalue weighted by atomic mass is 9.66. The SMILES string of the molecule is CC(C)[C@@H]1CC[C@@H]2C=C(C=O)[C@H]1[C@H]2CO. The van der Waals surface area contributed by atoms with E-state index in [1.165, 1.54) is 6.42 Å². The van der Waals surface area contributed by atoms with E-state index in [2.05, 4.69) is 19.9 Å². The van der Waals surface area contributed by atoms with Crippen LogP contribution in [0.15, 0.2) is 11.6 Å². The normalized spacial score (nSPS) is 39.3. The van der Waals surface area contributed by atoms with Crippen LogP contribution in [0.1, 0.15) is 26.7 Å². The van der Waals surface area contributed by atoms with E-state index in [1.54, 1.807) is 0 Å². The number of rotatable bonds is 3. The van der Waals surface area contributed by atoms with Gasteiger partial charge >= 0.3 is 0 Å². The van der Waals surface area contributed by atoms with Crippen LogP contribution >= 0.6 is 0 Å². The minimum Gasteiger partial charge on any atom is -0.396 e. The number of carbonyl (C=O) groups is 1. The Morgan fingerprint density at radius 3 is 2.80 bits per heavy atom. The fourth-order valence-corrected chi connectivity index (χ4v) is 3.54. The molecular formula is C13H20O2. The monoisotopic (exact) mass is 208 g/mol. The molecule has 0 aromatic carbocycles. The number of hydrogen-bond acceptors (Lipinski definition) is 2. The van der Waals surface area contributed by atoms with Gasteiger partial charge in [-0.2, -0.15) is 0 Å². The Hall–Kier alpha value is -0.630. The Morgan fingerprint density at radius 2 is 2.27 bits per heavy atom. The van der Waals surface area contributed by atoms with Crippen molar-refractivity contribution < 1.29 is 9.90 Å². The van der Waals surface area contributed by atoms with Gasteiger partial charge in [0.05, 0.1) is 0 Å². The molecule has 2 rings (SSSR count). The number of fused-ring (bicyclic) bond motifs is 2. The summed E-state index contributed by atoms with van der Waals surface area (Å²) in [5.41, 5.74) is 0.954. The second-order valence-corrected chi connectivity index (χ2v) is 5.31. The highest BCUT2D eigenvalue weighted by molar-refractivity contribution is 5.75.